The highest BCUT2D eigenvalue weighted by Gasteiger charge is 2.20. The van der Waals surface area contributed by atoms with Gasteiger partial charge in [0.05, 0.1) is 5.69 Å². The van der Waals surface area contributed by atoms with Gasteiger partial charge in [-0.15, -0.1) is 10.2 Å². The Bertz CT molecular complexity index is 1170. The predicted octanol–water partition coefficient (Wildman–Crippen LogP) is 7.46. The first kappa shape index (κ1) is 21.0. The Morgan fingerprint density at radius 3 is 1.77 bits per heavy atom. The smallest absolute Gasteiger partial charge is 0.168 e. The Kier molecular flexibility index (Phi) is 5.77. The number of hydrogen-bond acceptors (Lipinski definition) is 2. The zero-order valence-corrected chi connectivity index (χ0v) is 19.3. The van der Waals surface area contributed by atoms with Crippen molar-refractivity contribution in [3.8, 4) is 28.5 Å². The van der Waals surface area contributed by atoms with Crippen LogP contribution >= 0.6 is 0 Å². The van der Waals surface area contributed by atoms with Crippen molar-refractivity contribution in [3.63, 3.8) is 0 Å². The second-order valence-corrected chi connectivity index (χ2v) is 9.04. The Labute approximate surface area is 185 Å². The van der Waals surface area contributed by atoms with E-state index in [0.29, 0.717) is 11.8 Å². The van der Waals surface area contributed by atoms with Crippen molar-refractivity contribution < 1.29 is 0 Å². The van der Waals surface area contributed by atoms with Crippen molar-refractivity contribution in [1.29, 1.82) is 0 Å². The fourth-order valence-corrected chi connectivity index (χ4v) is 4.00. The first-order chi connectivity index (χ1) is 14.8. The largest absolute Gasteiger partial charge is 0.275 e. The molecule has 3 nitrogen and oxygen atoms in total. The molecule has 4 rings (SSSR count). The number of aromatic nitrogens is 3. The molecule has 0 saturated carbocycles. The Hall–Kier alpha value is -3.20. The molecule has 0 aliphatic rings. The van der Waals surface area contributed by atoms with Gasteiger partial charge in [0.1, 0.15) is 0 Å². The summed E-state index contributed by atoms with van der Waals surface area (Å²) in [5, 5.41) is 9.38. The maximum absolute atomic E-state index is 4.72. The molecule has 1 aromatic heterocycles. The summed E-state index contributed by atoms with van der Waals surface area (Å²) in [4.78, 5) is 0. The molecule has 0 saturated heterocycles. The van der Waals surface area contributed by atoms with E-state index in [1.54, 1.807) is 0 Å². The molecule has 0 N–H and O–H groups in total. The molecule has 0 bridgehead atoms. The summed E-state index contributed by atoms with van der Waals surface area (Å²) in [7, 11) is 0. The Morgan fingerprint density at radius 2 is 1.23 bits per heavy atom. The van der Waals surface area contributed by atoms with E-state index in [-0.39, 0.29) is 0 Å². The Balaban J connectivity index is 2.01. The van der Waals surface area contributed by atoms with Crippen LogP contribution in [-0.2, 0) is 0 Å². The van der Waals surface area contributed by atoms with Gasteiger partial charge in [-0.3, -0.25) is 4.57 Å². The highest BCUT2D eigenvalue weighted by atomic mass is 15.3. The molecule has 0 spiro atoms. The van der Waals surface area contributed by atoms with Crippen LogP contribution in [0.1, 0.15) is 61.8 Å². The predicted molar refractivity (Wildman–Crippen MR) is 130 cm³/mol. The SMILES string of the molecule is Cc1ccc(-n2c(-c3ccccc3)nnc2-c2cc(C(C)C)cc(C(C)C)c2)c(C)c1. The first-order valence-electron chi connectivity index (χ1n) is 11.1. The average molecular weight is 410 g/mol. The lowest BCUT2D eigenvalue weighted by Crippen LogP contribution is -2.04. The highest BCUT2D eigenvalue weighted by Crippen LogP contribution is 2.33. The van der Waals surface area contributed by atoms with Crippen molar-refractivity contribution in [2.24, 2.45) is 0 Å². The van der Waals surface area contributed by atoms with Gasteiger partial charge in [-0.05, 0) is 60.6 Å². The third-order valence-electron chi connectivity index (χ3n) is 5.86. The van der Waals surface area contributed by atoms with Gasteiger partial charge in [0, 0.05) is 11.1 Å². The van der Waals surface area contributed by atoms with Crippen LogP contribution < -0.4 is 0 Å². The van der Waals surface area contributed by atoms with Crippen LogP contribution in [-0.4, -0.2) is 14.8 Å². The average Bonchev–Trinajstić information content (AvgIpc) is 3.19. The second-order valence-electron chi connectivity index (χ2n) is 9.04. The van der Waals surface area contributed by atoms with Crippen molar-refractivity contribution >= 4 is 0 Å². The normalized spacial score (nSPS) is 11.5. The molecular formula is C28H31N3. The lowest BCUT2D eigenvalue weighted by atomic mass is 9.93. The zero-order chi connectivity index (χ0) is 22.1. The van der Waals surface area contributed by atoms with Gasteiger partial charge in [-0.2, -0.15) is 0 Å². The number of rotatable bonds is 5. The molecule has 0 fully saturated rings. The molecular weight excluding hydrogens is 378 g/mol. The van der Waals surface area contributed by atoms with Crippen molar-refractivity contribution in [3.05, 3.63) is 89.0 Å². The number of benzene rings is 3. The highest BCUT2D eigenvalue weighted by molar-refractivity contribution is 5.68. The summed E-state index contributed by atoms with van der Waals surface area (Å²) in [6, 6.07) is 23.7. The van der Waals surface area contributed by atoms with E-state index in [0.717, 1.165) is 28.5 Å². The quantitative estimate of drug-likeness (QED) is 0.342. The summed E-state index contributed by atoms with van der Waals surface area (Å²) < 4.78 is 2.22. The number of hydrogen-bond donors (Lipinski definition) is 0. The van der Waals surface area contributed by atoms with Crippen molar-refractivity contribution in [1.82, 2.24) is 14.8 Å². The molecule has 0 radical (unpaired) electrons. The van der Waals surface area contributed by atoms with Crippen molar-refractivity contribution in [2.75, 3.05) is 0 Å². The minimum Gasteiger partial charge on any atom is -0.275 e. The van der Waals surface area contributed by atoms with E-state index in [1.807, 2.05) is 18.2 Å². The molecule has 3 heteroatoms. The summed E-state index contributed by atoms with van der Waals surface area (Å²) >= 11 is 0. The van der Waals surface area contributed by atoms with E-state index in [1.165, 1.54) is 22.3 Å². The molecule has 0 unspecified atom stereocenters. The van der Waals surface area contributed by atoms with Crippen LogP contribution in [0.15, 0.2) is 66.7 Å². The molecule has 0 amide bonds. The lowest BCUT2D eigenvalue weighted by molar-refractivity contribution is 0.833. The van der Waals surface area contributed by atoms with Gasteiger partial charge in [-0.1, -0.05) is 81.8 Å². The van der Waals surface area contributed by atoms with Gasteiger partial charge in [0.25, 0.3) is 0 Å². The van der Waals surface area contributed by atoms with Gasteiger partial charge < -0.3 is 0 Å². The third-order valence-corrected chi connectivity index (χ3v) is 5.86. The summed E-state index contributed by atoms with van der Waals surface area (Å²) in [5.74, 6) is 2.64. The van der Waals surface area contributed by atoms with E-state index in [2.05, 4.69) is 99.7 Å². The van der Waals surface area contributed by atoms with Crippen molar-refractivity contribution in [2.45, 2.75) is 53.4 Å². The van der Waals surface area contributed by atoms with Crippen LogP contribution in [0.5, 0.6) is 0 Å². The molecule has 31 heavy (non-hydrogen) atoms. The Morgan fingerprint density at radius 1 is 0.645 bits per heavy atom. The topological polar surface area (TPSA) is 30.7 Å². The van der Waals surface area contributed by atoms with Gasteiger partial charge in [-0.25, -0.2) is 0 Å². The van der Waals surface area contributed by atoms with Crippen LogP contribution in [0.2, 0.25) is 0 Å². The van der Waals surface area contributed by atoms with E-state index >= 15 is 0 Å². The lowest BCUT2D eigenvalue weighted by Gasteiger charge is -2.17. The van der Waals surface area contributed by atoms with E-state index < -0.39 is 0 Å². The summed E-state index contributed by atoms with van der Waals surface area (Å²) in [6.45, 7) is 13.3. The van der Waals surface area contributed by atoms with Gasteiger partial charge in [0.2, 0.25) is 0 Å². The minimum absolute atomic E-state index is 0.448. The first-order valence-corrected chi connectivity index (χ1v) is 11.1. The maximum atomic E-state index is 4.72. The van der Waals surface area contributed by atoms with Crippen LogP contribution in [0.3, 0.4) is 0 Å². The van der Waals surface area contributed by atoms with Gasteiger partial charge >= 0.3 is 0 Å². The fourth-order valence-electron chi connectivity index (χ4n) is 4.00. The van der Waals surface area contributed by atoms with E-state index in [4.69, 9.17) is 5.10 Å². The summed E-state index contributed by atoms with van der Waals surface area (Å²) in [6.07, 6.45) is 0. The minimum atomic E-state index is 0.448. The molecule has 0 aliphatic heterocycles. The molecule has 158 valence electrons. The molecule has 4 aromatic rings. The standard InChI is InChI=1S/C28H31N3/c1-18(2)23-15-24(19(3)4)17-25(16-23)28-30-29-27(22-10-8-7-9-11-22)31(28)26-13-12-20(5)14-21(26)6/h7-19H,1-6H3. The van der Waals surface area contributed by atoms with Crippen LogP contribution in [0, 0.1) is 13.8 Å². The van der Waals surface area contributed by atoms with Crippen LogP contribution in [0.4, 0.5) is 0 Å². The fraction of sp³-hybridized carbons (Fsp3) is 0.286. The zero-order valence-electron chi connectivity index (χ0n) is 19.3. The molecule has 3 aromatic carbocycles. The number of nitrogens with zero attached hydrogens (tertiary/aromatic N) is 3. The van der Waals surface area contributed by atoms with Crippen LogP contribution in [0.25, 0.3) is 28.5 Å². The van der Waals surface area contributed by atoms with E-state index in [9.17, 15) is 0 Å². The van der Waals surface area contributed by atoms with Gasteiger partial charge in [0.15, 0.2) is 11.6 Å². The summed E-state index contributed by atoms with van der Waals surface area (Å²) in [5.41, 5.74) is 8.42. The third kappa shape index (κ3) is 4.18. The maximum Gasteiger partial charge on any atom is 0.168 e. The number of aryl methyl sites for hydroxylation is 2. The monoisotopic (exact) mass is 409 g/mol. The molecule has 1 heterocycles. The molecule has 0 atom stereocenters. The molecule has 0 aliphatic carbocycles. The second kappa shape index (κ2) is 8.50.